The number of hydrogen-bond acceptors (Lipinski definition) is 1. The molecule has 0 rings (SSSR count). The topological polar surface area (TPSA) is 146 Å². The van der Waals surface area contributed by atoms with Crippen molar-refractivity contribution in [3.8, 4) is 0 Å². The van der Waals surface area contributed by atoms with Crippen LogP contribution in [0.25, 0.3) is 0 Å². The molecule has 0 spiro atoms. The molecule has 0 bridgehead atoms. The Kier molecular flexibility index (Phi) is 377. The highest BCUT2D eigenvalue weighted by Crippen LogP contribution is 2.13. The third-order valence-corrected chi connectivity index (χ3v) is 0.401. The summed E-state index contributed by atoms with van der Waals surface area (Å²) in [7, 11) is 0.500. The summed E-state index contributed by atoms with van der Waals surface area (Å²) in [5.41, 5.74) is 0. The fourth-order valence-electron chi connectivity index (χ4n) is 0. The zero-order valence-corrected chi connectivity index (χ0v) is 15.5. The summed E-state index contributed by atoms with van der Waals surface area (Å²) in [6, 6.07) is 0. The predicted molar refractivity (Wildman–Crippen MR) is 81.4 cm³/mol. The lowest BCUT2D eigenvalue weighted by Crippen LogP contribution is -1.92. The maximum atomic E-state index is 10.7. The molecule has 0 amide bonds. The normalized spacial score (nSPS) is 5.73. The molecular formula is C8H27Al2F11O5. The molecule has 26 heavy (non-hydrogen) atoms. The highest BCUT2D eigenvalue weighted by Gasteiger charge is 2.24. The molecule has 4 radical (unpaired) electrons. The Hall–Kier alpha value is 0.0949. The van der Waals surface area contributed by atoms with Crippen molar-refractivity contribution in [1.82, 2.24) is 0 Å². The van der Waals surface area contributed by atoms with E-state index in [0.29, 0.717) is 12.5 Å². The molecule has 0 saturated carbocycles. The molecule has 0 aliphatic carbocycles. The molecule has 0 aliphatic rings. The van der Waals surface area contributed by atoms with E-state index in [-0.39, 0.29) is 53.4 Å². The lowest BCUT2D eigenvalue weighted by molar-refractivity contribution is -0.237. The van der Waals surface area contributed by atoms with E-state index in [0.717, 1.165) is 0 Å². The van der Waals surface area contributed by atoms with Gasteiger partial charge in [0.25, 0.3) is 0 Å². The van der Waals surface area contributed by atoms with Crippen LogP contribution in [0, 0.1) is 0 Å². The Balaban J connectivity index is -0.00000000881. The zero-order valence-electron chi connectivity index (χ0n) is 12.9. The van der Waals surface area contributed by atoms with Crippen molar-refractivity contribution >= 4 is 33.7 Å². The third kappa shape index (κ3) is 10700. The molecule has 0 atom stereocenters. The van der Waals surface area contributed by atoms with Gasteiger partial charge in [0.15, 0.2) is 23.2 Å². The minimum Gasteiger partial charge on any atom is -0.412 e. The van der Waals surface area contributed by atoms with Crippen LogP contribution >= 0.6 is 0 Å². The fourth-order valence-corrected chi connectivity index (χ4v) is 0. The molecule has 0 aromatic carbocycles. The van der Waals surface area contributed by atoms with Crippen molar-refractivity contribution in [2.75, 3.05) is 34.6 Å². The molecule has 0 heterocycles. The van der Waals surface area contributed by atoms with Crippen molar-refractivity contribution in [3.05, 3.63) is 0 Å². The number of aliphatic hydroxyl groups excluding tert-OH is 1. The van der Waals surface area contributed by atoms with Crippen LogP contribution < -0.4 is 0 Å². The first kappa shape index (κ1) is 82.7. The fraction of sp³-hybridized carbons (Fsp3) is 1.00. The second-order valence-electron chi connectivity index (χ2n) is 1.29. The van der Waals surface area contributed by atoms with Gasteiger partial charge in [-0.05, 0) is 0 Å². The third-order valence-electron chi connectivity index (χ3n) is 0.134. The van der Waals surface area contributed by atoms with Gasteiger partial charge in [-0.3, -0.25) is 8.78 Å². The Morgan fingerprint density at radius 1 is 0.731 bits per heavy atom. The number of rotatable bonds is 1. The molecule has 0 saturated heterocycles. The average molecular weight is 466 g/mol. The second-order valence-corrected chi connectivity index (χ2v) is 2.00. The van der Waals surface area contributed by atoms with E-state index < -0.39 is 27.1 Å². The van der Waals surface area contributed by atoms with E-state index in [4.69, 9.17) is 5.11 Å². The largest absolute Gasteiger partial charge is 0.559 e. The molecular weight excluding hydrogens is 439 g/mol. The van der Waals surface area contributed by atoms with Crippen LogP contribution in [0.2, 0.25) is 5.28 Å². The van der Waals surface area contributed by atoms with Gasteiger partial charge in [0.2, 0.25) is 13.9 Å². The minimum absolute atomic E-state index is 0. The maximum absolute atomic E-state index is 10.7. The van der Waals surface area contributed by atoms with Crippen molar-refractivity contribution in [2.24, 2.45) is 0 Å². The Bertz CT molecular complexity index is 100. The van der Waals surface area contributed by atoms with Crippen LogP contribution in [0.3, 0.4) is 0 Å². The van der Waals surface area contributed by atoms with Crippen LogP contribution in [0.4, 0.5) is 48.3 Å². The Morgan fingerprint density at radius 3 is 0.769 bits per heavy atom. The van der Waals surface area contributed by atoms with E-state index in [2.05, 4.69) is 0 Å². The van der Waals surface area contributed by atoms with Crippen LogP contribution in [0.1, 0.15) is 7.43 Å². The van der Waals surface area contributed by atoms with Gasteiger partial charge in [0.1, 0.15) is 0 Å². The standard InChI is InChI=1S/C2H4F.CF4.2CH2F2.CH3FO.CH3F.CH4.2Al.4H2O.H/c1-2-3;2-1(3,4)5;3*2-1-3;1-2;;;;;;;;/h1-2H2;;2*1H2;3H,1H2;1H3;1H4;;;4*1H2;. The predicted octanol–water partition coefficient (Wildman–Crippen LogP) is 0.964. The number of hydrogen-bond donors (Lipinski definition) is 1. The number of aliphatic hydroxyl groups is 1. The number of halogens is 11. The van der Waals surface area contributed by atoms with Gasteiger partial charge in [-0.25, -0.2) is 22.0 Å². The SMILES string of the molecule is C.CF.FC(F)(F)F.FCF.FCF.FC[CH2][AlH].O.O.O.O.OCF.[Al]. The molecule has 18 heteroatoms. The minimum atomic E-state index is -5.50. The number of alkyl halides is 11. The summed E-state index contributed by atoms with van der Waals surface area (Å²) >= 11 is 1.65. The Morgan fingerprint density at radius 2 is 0.769 bits per heavy atom. The Labute approximate surface area is 163 Å². The van der Waals surface area contributed by atoms with E-state index >= 15 is 0 Å². The second kappa shape index (κ2) is 118. The highest BCUT2D eigenvalue weighted by atomic mass is 27.0. The van der Waals surface area contributed by atoms with E-state index in [1.165, 1.54) is 0 Å². The van der Waals surface area contributed by atoms with Gasteiger partial charge in [0.05, 0.1) is 13.9 Å². The van der Waals surface area contributed by atoms with Gasteiger partial charge in [-0.1, -0.05) is 12.7 Å². The van der Waals surface area contributed by atoms with Crippen molar-refractivity contribution < 1.29 is 75.3 Å². The lowest BCUT2D eigenvalue weighted by Gasteiger charge is -1.82. The molecule has 9 N–H and O–H groups in total. The smallest absolute Gasteiger partial charge is 0.412 e. The maximum Gasteiger partial charge on any atom is 0.559 e. The molecule has 0 unspecified atom stereocenters. The van der Waals surface area contributed by atoms with Crippen molar-refractivity contribution in [3.63, 3.8) is 0 Å². The highest BCUT2D eigenvalue weighted by molar-refractivity contribution is 6.08. The van der Waals surface area contributed by atoms with Gasteiger partial charge in [-0.15, -0.1) is 17.6 Å². The molecule has 172 valence electrons. The van der Waals surface area contributed by atoms with Gasteiger partial charge in [-0.2, -0.15) is 0 Å². The molecule has 5 nitrogen and oxygen atoms in total. The monoisotopic (exact) mass is 466 g/mol. The van der Waals surface area contributed by atoms with E-state index in [1.807, 2.05) is 0 Å². The van der Waals surface area contributed by atoms with Crippen LogP contribution in [-0.4, -0.2) is 102 Å². The van der Waals surface area contributed by atoms with Crippen molar-refractivity contribution in [1.29, 1.82) is 0 Å². The summed E-state index contributed by atoms with van der Waals surface area (Å²) in [5, 5.41) is 7.58. The lowest BCUT2D eigenvalue weighted by atomic mass is 10.9. The van der Waals surface area contributed by atoms with Gasteiger partial charge in [0, 0.05) is 17.4 Å². The van der Waals surface area contributed by atoms with Crippen LogP contribution in [-0.2, 0) is 0 Å². The first-order chi connectivity index (χ1) is 9.16. The molecule has 0 fully saturated rings. The molecule has 0 aliphatic heterocycles. The van der Waals surface area contributed by atoms with Crippen molar-refractivity contribution in [2.45, 2.75) is 19.1 Å². The summed E-state index contributed by atoms with van der Waals surface area (Å²) in [6.45, 7) is -4.92. The average Bonchev–Trinajstić information content (AvgIpc) is 2.32. The first-order valence-corrected chi connectivity index (χ1v) is 5.05. The summed E-state index contributed by atoms with van der Waals surface area (Å²) in [5.74, 6) is 0. The van der Waals surface area contributed by atoms with Crippen LogP contribution in [0.15, 0.2) is 0 Å². The van der Waals surface area contributed by atoms with E-state index in [9.17, 15) is 48.3 Å². The van der Waals surface area contributed by atoms with E-state index in [1.54, 1.807) is 16.3 Å². The quantitative estimate of drug-likeness (QED) is 0.445. The first-order valence-electron chi connectivity index (χ1n) is 4.05. The summed E-state index contributed by atoms with van der Waals surface area (Å²) in [4.78, 5) is 0. The summed E-state index contributed by atoms with van der Waals surface area (Å²) in [6.07, 6.45) is -5.50. The van der Waals surface area contributed by atoms with Gasteiger partial charge < -0.3 is 27.0 Å². The summed E-state index contributed by atoms with van der Waals surface area (Å²) < 4.78 is 107. The molecule has 0 aromatic heterocycles. The van der Waals surface area contributed by atoms with Crippen LogP contribution in [0.5, 0.6) is 0 Å². The van der Waals surface area contributed by atoms with Gasteiger partial charge >= 0.3 is 6.43 Å². The molecule has 0 aromatic rings. The zero-order chi connectivity index (χ0) is 18.0.